The Hall–Kier alpha value is -2.48. The lowest BCUT2D eigenvalue weighted by molar-refractivity contribution is -0.137. The van der Waals surface area contributed by atoms with E-state index in [1.54, 1.807) is 12.1 Å². The van der Waals surface area contributed by atoms with Crippen LogP contribution in [-0.2, 0) is 19.3 Å². The second-order valence-corrected chi connectivity index (χ2v) is 6.19. The molecule has 0 aliphatic carbocycles. The first-order chi connectivity index (χ1) is 11.9. The monoisotopic (exact) mass is 368 g/mol. The van der Waals surface area contributed by atoms with Crippen molar-refractivity contribution in [2.75, 3.05) is 5.32 Å². The minimum atomic E-state index is -4.39. The molecule has 0 aliphatic rings. The van der Waals surface area contributed by atoms with Crippen molar-refractivity contribution in [1.29, 1.82) is 0 Å². The van der Waals surface area contributed by atoms with Crippen molar-refractivity contribution in [2.45, 2.75) is 26.3 Å². The Morgan fingerprint density at radius 1 is 1.20 bits per heavy atom. The van der Waals surface area contributed by atoms with Gasteiger partial charge in [0.25, 0.3) is 0 Å². The molecule has 1 N–H and O–H groups in total. The van der Waals surface area contributed by atoms with Crippen LogP contribution in [0.5, 0.6) is 5.75 Å². The molecule has 4 nitrogen and oxygen atoms in total. The van der Waals surface area contributed by atoms with E-state index in [0.717, 1.165) is 23.0 Å². The summed E-state index contributed by atoms with van der Waals surface area (Å²) in [7, 11) is 0. The summed E-state index contributed by atoms with van der Waals surface area (Å²) in [6, 6.07) is 8.28. The molecule has 0 aliphatic heterocycles. The third-order valence-electron chi connectivity index (χ3n) is 3.29. The molecule has 0 atom stereocenters. The van der Waals surface area contributed by atoms with Gasteiger partial charge in [-0.2, -0.15) is 13.2 Å². The molecule has 1 aromatic carbocycles. The van der Waals surface area contributed by atoms with Gasteiger partial charge in [0.05, 0.1) is 17.8 Å². The number of halogens is 3. The number of aryl methyl sites for hydroxylation is 1. The van der Waals surface area contributed by atoms with E-state index < -0.39 is 11.7 Å². The topological polar surface area (TPSA) is 47.3 Å². The summed E-state index contributed by atoms with van der Waals surface area (Å²) in [5, 5.41) is 5.89. The number of ether oxygens (including phenoxy) is 1. The van der Waals surface area contributed by atoms with Crippen LogP contribution in [0.2, 0.25) is 0 Å². The molecule has 0 amide bonds. The van der Waals surface area contributed by atoms with Crippen molar-refractivity contribution >= 4 is 16.5 Å². The maximum Gasteiger partial charge on any atom is 0.416 e. The van der Waals surface area contributed by atoms with Crippen LogP contribution in [0.4, 0.5) is 18.3 Å². The minimum absolute atomic E-state index is 0.0532. The molecule has 0 bridgehead atoms. The fraction of sp³-hybridized carbons (Fsp3) is 0.235. The molecule has 132 valence electrons. The Morgan fingerprint density at radius 2 is 2.00 bits per heavy atom. The van der Waals surface area contributed by atoms with Gasteiger partial charge in [-0.05, 0) is 37.3 Å². The number of hydrogen-bond acceptors (Lipinski definition) is 5. The van der Waals surface area contributed by atoms with E-state index in [9.17, 15) is 13.2 Å². The SMILES string of the molecule is Cc1csc(NCc2ccc(COc3cccc(C(F)(F)F)c3)o2)n1. The summed E-state index contributed by atoms with van der Waals surface area (Å²) in [5.74, 6) is 1.36. The molecule has 3 aromatic rings. The van der Waals surface area contributed by atoms with Crippen molar-refractivity contribution < 1.29 is 22.3 Å². The van der Waals surface area contributed by atoms with Crippen LogP contribution in [0.1, 0.15) is 22.8 Å². The van der Waals surface area contributed by atoms with E-state index in [1.165, 1.54) is 23.5 Å². The molecule has 3 rings (SSSR count). The van der Waals surface area contributed by atoms with E-state index in [-0.39, 0.29) is 12.4 Å². The Labute approximate surface area is 146 Å². The summed E-state index contributed by atoms with van der Waals surface area (Å²) in [6.07, 6.45) is -4.39. The highest BCUT2D eigenvalue weighted by Crippen LogP contribution is 2.31. The number of nitrogens with zero attached hydrogens (tertiary/aromatic N) is 1. The van der Waals surface area contributed by atoms with Crippen molar-refractivity contribution in [1.82, 2.24) is 4.98 Å². The summed E-state index contributed by atoms with van der Waals surface area (Å²) >= 11 is 1.51. The average molecular weight is 368 g/mol. The number of rotatable bonds is 6. The number of thiazole rings is 1. The van der Waals surface area contributed by atoms with Crippen LogP contribution < -0.4 is 10.1 Å². The molecule has 2 heterocycles. The lowest BCUT2D eigenvalue weighted by atomic mass is 10.2. The highest BCUT2D eigenvalue weighted by Gasteiger charge is 2.30. The molecular formula is C17H15F3N2O2S. The fourth-order valence-corrected chi connectivity index (χ4v) is 2.80. The van der Waals surface area contributed by atoms with Gasteiger partial charge in [0, 0.05) is 5.38 Å². The van der Waals surface area contributed by atoms with Crippen molar-refractivity contribution in [3.63, 3.8) is 0 Å². The molecule has 0 spiro atoms. The standard InChI is InChI=1S/C17H15F3N2O2S/c1-11-10-25-16(22-11)21-8-14-5-6-15(24-14)9-23-13-4-2-3-12(7-13)17(18,19)20/h2-7,10H,8-9H2,1H3,(H,21,22). The fourth-order valence-electron chi connectivity index (χ4n) is 2.11. The van der Waals surface area contributed by atoms with Gasteiger partial charge in [0.15, 0.2) is 5.13 Å². The summed E-state index contributed by atoms with van der Waals surface area (Å²) in [4.78, 5) is 4.29. The van der Waals surface area contributed by atoms with Gasteiger partial charge in [-0.25, -0.2) is 4.98 Å². The van der Waals surface area contributed by atoms with Crippen molar-refractivity contribution in [3.8, 4) is 5.75 Å². The zero-order valence-corrected chi connectivity index (χ0v) is 14.1. The molecule has 0 saturated heterocycles. The summed E-state index contributed by atoms with van der Waals surface area (Å²) in [5.41, 5.74) is 0.204. The van der Waals surface area contributed by atoms with Gasteiger partial charge in [0.1, 0.15) is 23.9 Å². The van der Waals surface area contributed by atoms with Crippen LogP contribution in [-0.4, -0.2) is 4.98 Å². The second-order valence-electron chi connectivity index (χ2n) is 5.33. The third kappa shape index (κ3) is 4.76. The van der Waals surface area contributed by atoms with Gasteiger partial charge < -0.3 is 14.5 Å². The highest BCUT2D eigenvalue weighted by molar-refractivity contribution is 7.13. The average Bonchev–Trinajstić information content (AvgIpc) is 3.19. The summed E-state index contributed by atoms with van der Waals surface area (Å²) in [6.45, 7) is 2.44. The molecule has 2 aromatic heterocycles. The first-order valence-corrected chi connectivity index (χ1v) is 8.32. The first kappa shape index (κ1) is 17.3. The molecular weight excluding hydrogens is 353 g/mol. The predicted octanol–water partition coefficient (Wildman–Crippen LogP) is 5.25. The van der Waals surface area contributed by atoms with Crippen molar-refractivity contribution in [2.24, 2.45) is 0 Å². The van der Waals surface area contributed by atoms with Crippen LogP contribution in [0, 0.1) is 6.92 Å². The maximum atomic E-state index is 12.7. The number of hydrogen-bond donors (Lipinski definition) is 1. The zero-order chi connectivity index (χ0) is 17.9. The number of aromatic nitrogens is 1. The van der Waals surface area contributed by atoms with Crippen LogP contribution in [0.25, 0.3) is 0 Å². The molecule has 0 unspecified atom stereocenters. The third-order valence-corrected chi connectivity index (χ3v) is 4.21. The van der Waals surface area contributed by atoms with Crippen LogP contribution in [0.3, 0.4) is 0 Å². The van der Waals surface area contributed by atoms with Gasteiger partial charge >= 0.3 is 6.18 Å². The van der Waals surface area contributed by atoms with E-state index in [4.69, 9.17) is 9.15 Å². The normalized spacial score (nSPS) is 11.5. The number of furan rings is 1. The van der Waals surface area contributed by atoms with Crippen molar-refractivity contribution in [3.05, 3.63) is 64.6 Å². The number of benzene rings is 1. The zero-order valence-electron chi connectivity index (χ0n) is 13.3. The van der Waals surface area contributed by atoms with E-state index in [1.807, 2.05) is 12.3 Å². The molecule has 0 radical (unpaired) electrons. The molecule has 0 saturated carbocycles. The van der Waals surface area contributed by atoms with E-state index in [2.05, 4.69) is 10.3 Å². The van der Waals surface area contributed by atoms with Gasteiger partial charge in [-0.1, -0.05) is 6.07 Å². The van der Waals surface area contributed by atoms with Crippen LogP contribution >= 0.6 is 11.3 Å². The van der Waals surface area contributed by atoms with E-state index >= 15 is 0 Å². The largest absolute Gasteiger partial charge is 0.486 e. The summed E-state index contributed by atoms with van der Waals surface area (Å²) < 4.78 is 49.0. The molecule has 8 heteroatoms. The smallest absolute Gasteiger partial charge is 0.416 e. The highest BCUT2D eigenvalue weighted by atomic mass is 32.1. The Balaban J connectivity index is 1.55. The first-order valence-electron chi connectivity index (χ1n) is 7.44. The van der Waals surface area contributed by atoms with Gasteiger partial charge in [0.2, 0.25) is 0 Å². The maximum absolute atomic E-state index is 12.7. The molecule has 25 heavy (non-hydrogen) atoms. The quantitative estimate of drug-likeness (QED) is 0.645. The molecule has 0 fully saturated rings. The van der Waals surface area contributed by atoms with Crippen LogP contribution in [0.15, 0.2) is 46.2 Å². The lowest BCUT2D eigenvalue weighted by Crippen LogP contribution is -2.05. The number of alkyl halides is 3. The Kier molecular flexibility index (Phi) is 4.98. The van der Waals surface area contributed by atoms with E-state index in [0.29, 0.717) is 18.1 Å². The van der Waals surface area contributed by atoms with Gasteiger partial charge in [-0.3, -0.25) is 0 Å². The number of nitrogens with one attached hydrogen (secondary N) is 1. The number of anilines is 1. The minimum Gasteiger partial charge on any atom is -0.486 e. The Morgan fingerprint density at radius 3 is 2.72 bits per heavy atom. The second kappa shape index (κ2) is 7.18. The predicted molar refractivity (Wildman–Crippen MR) is 88.7 cm³/mol. The Bertz CT molecular complexity index is 842. The lowest BCUT2D eigenvalue weighted by Gasteiger charge is -2.09. The van der Waals surface area contributed by atoms with Gasteiger partial charge in [-0.15, -0.1) is 11.3 Å².